The Morgan fingerprint density at radius 3 is 2.86 bits per heavy atom. The first-order valence-corrected chi connectivity index (χ1v) is 7.11. The molecule has 1 aromatic carbocycles. The Balaban J connectivity index is 2.13. The fourth-order valence-corrected chi connectivity index (χ4v) is 2.69. The van der Waals surface area contributed by atoms with E-state index in [1.807, 2.05) is 0 Å². The Morgan fingerprint density at radius 1 is 1.33 bits per heavy atom. The van der Waals surface area contributed by atoms with Gasteiger partial charge in [0.05, 0.1) is 0 Å². The molecule has 0 radical (unpaired) electrons. The van der Waals surface area contributed by atoms with Crippen LogP contribution in [0.3, 0.4) is 0 Å². The lowest BCUT2D eigenvalue weighted by molar-refractivity contribution is 0.780. The van der Waals surface area contributed by atoms with E-state index in [9.17, 15) is 0 Å². The van der Waals surface area contributed by atoms with Gasteiger partial charge in [0.1, 0.15) is 0 Å². The molecular weight excluding hydrogens is 262 g/mol. The molecule has 108 valence electrons. The summed E-state index contributed by atoms with van der Waals surface area (Å²) in [5.41, 5.74) is 5.15. The van der Waals surface area contributed by atoms with Crippen molar-refractivity contribution < 1.29 is 0 Å². The van der Waals surface area contributed by atoms with E-state index in [-0.39, 0.29) is 0 Å². The fraction of sp³-hybridized carbons (Fsp3) is 0.312. The minimum absolute atomic E-state index is 0.699. The monoisotopic (exact) mass is 281 g/mol. The Hall–Kier alpha value is -2.43. The molecule has 2 heterocycles. The number of H-pyrrole nitrogens is 1. The van der Waals surface area contributed by atoms with E-state index in [1.54, 1.807) is 0 Å². The standard InChI is InChI=1S/C16H19N5/c1-4-11(2)10-21-12(3)14(9-16-17-19-20-18-16)13-7-5-6-8-15(13)21/h4-8H,9-10H2,1-3H3,(H,17,18,19,20)/b11-4+. The SMILES string of the molecule is C/C=C(\C)Cn1c(C)c(Cc2nn[nH]n2)c2ccccc21. The second kappa shape index (κ2) is 5.52. The molecule has 0 aliphatic carbocycles. The Labute approximate surface area is 123 Å². The molecule has 0 aliphatic rings. The number of benzene rings is 1. The first-order valence-electron chi connectivity index (χ1n) is 7.11. The van der Waals surface area contributed by atoms with Gasteiger partial charge in [-0.3, -0.25) is 0 Å². The van der Waals surface area contributed by atoms with Crippen molar-refractivity contribution in [3.05, 3.63) is 53.0 Å². The highest BCUT2D eigenvalue weighted by Gasteiger charge is 2.15. The van der Waals surface area contributed by atoms with Crippen molar-refractivity contribution >= 4 is 10.9 Å². The number of hydrogen-bond acceptors (Lipinski definition) is 3. The van der Waals surface area contributed by atoms with Crippen LogP contribution < -0.4 is 0 Å². The van der Waals surface area contributed by atoms with E-state index in [2.05, 4.69) is 76.3 Å². The highest BCUT2D eigenvalue weighted by atomic mass is 15.5. The van der Waals surface area contributed by atoms with Gasteiger partial charge in [0, 0.05) is 29.6 Å². The molecule has 3 aromatic rings. The van der Waals surface area contributed by atoms with Crippen molar-refractivity contribution in [2.24, 2.45) is 0 Å². The molecule has 0 unspecified atom stereocenters. The first kappa shape index (κ1) is 13.5. The van der Waals surface area contributed by atoms with Crippen LogP contribution in [-0.4, -0.2) is 25.2 Å². The van der Waals surface area contributed by atoms with E-state index in [4.69, 9.17) is 0 Å². The molecule has 0 spiro atoms. The van der Waals surface area contributed by atoms with E-state index >= 15 is 0 Å². The van der Waals surface area contributed by atoms with Gasteiger partial charge in [-0.15, -0.1) is 10.2 Å². The van der Waals surface area contributed by atoms with Crippen LogP contribution in [0, 0.1) is 6.92 Å². The number of aromatic nitrogens is 5. The topological polar surface area (TPSA) is 59.4 Å². The van der Waals surface area contributed by atoms with Crippen molar-refractivity contribution in [2.75, 3.05) is 0 Å². The predicted molar refractivity (Wildman–Crippen MR) is 83.1 cm³/mol. The van der Waals surface area contributed by atoms with Crippen LogP contribution in [0.2, 0.25) is 0 Å². The maximum Gasteiger partial charge on any atom is 0.179 e. The lowest BCUT2D eigenvalue weighted by atomic mass is 10.1. The van der Waals surface area contributed by atoms with Gasteiger partial charge in [-0.2, -0.15) is 5.21 Å². The van der Waals surface area contributed by atoms with Gasteiger partial charge in [0.15, 0.2) is 5.82 Å². The van der Waals surface area contributed by atoms with Crippen molar-refractivity contribution in [2.45, 2.75) is 33.7 Å². The minimum Gasteiger partial charge on any atom is -0.341 e. The van der Waals surface area contributed by atoms with E-state index in [0.29, 0.717) is 6.42 Å². The average molecular weight is 281 g/mol. The minimum atomic E-state index is 0.699. The quantitative estimate of drug-likeness (QED) is 0.748. The second-order valence-corrected chi connectivity index (χ2v) is 5.31. The molecule has 1 N–H and O–H groups in total. The number of tetrazole rings is 1. The molecule has 0 saturated carbocycles. The lowest BCUT2D eigenvalue weighted by Gasteiger charge is -2.08. The van der Waals surface area contributed by atoms with Gasteiger partial charge >= 0.3 is 0 Å². The number of allylic oxidation sites excluding steroid dienone is 2. The normalized spacial score (nSPS) is 12.2. The van der Waals surface area contributed by atoms with Crippen LogP contribution in [0.4, 0.5) is 0 Å². The molecule has 0 fully saturated rings. The summed E-state index contributed by atoms with van der Waals surface area (Å²) in [5.74, 6) is 0.726. The molecule has 0 aliphatic heterocycles. The molecule has 21 heavy (non-hydrogen) atoms. The van der Waals surface area contributed by atoms with Crippen LogP contribution >= 0.6 is 0 Å². The summed E-state index contributed by atoms with van der Waals surface area (Å²) in [4.78, 5) is 0. The Bertz CT molecular complexity index is 780. The third-order valence-electron chi connectivity index (χ3n) is 3.99. The molecular formula is C16H19N5. The zero-order chi connectivity index (χ0) is 14.8. The van der Waals surface area contributed by atoms with Crippen LogP contribution in [0.25, 0.3) is 10.9 Å². The maximum atomic E-state index is 4.08. The summed E-state index contributed by atoms with van der Waals surface area (Å²) in [6.07, 6.45) is 2.86. The van der Waals surface area contributed by atoms with E-state index in [0.717, 1.165) is 12.4 Å². The average Bonchev–Trinajstić information content (AvgIpc) is 3.10. The summed E-state index contributed by atoms with van der Waals surface area (Å²) >= 11 is 0. The Kier molecular flexibility index (Phi) is 3.56. The van der Waals surface area contributed by atoms with Gasteiger partial charge in [-0.05, 0) is 32.4 Å². The van der Waals surface area contributed by atoms with E-state index in [1.165, 1.54) is 27.7 Å². The number of nitrogens with zero attached hydrogens (tertiary/aromatic N) is 4. The first-order chi connectivity index (χ1) is 10.2. The zero-order valence-corrected chi connectivity index (χ0v) is 12.6. The molecule has 0 amide bonds. The van der Waals surface area contributed by atoms with Crippen LogP contribution in [0.1, 0.15) is 30.9 Å². The van der Waals surface area contributed by atoms with Gasteiger partial charge < -0.3 is 4.57 Å². The molecule has 0 atom stereocenters. The molecule has 3 rings (SSSR count). The number of rotatable bonds is 4. The fourth-order valence-electron chi connectivity index (χ4n) is 2.69. The second-order valence-electron chi connectivity index (χ2n) is 5.31. The number of para-hydroxylation sites is 1. The van der Waals surface area contributed by atoms with Crippen LogP contribution in [-0.2, 0) is 13.0 Å². The summed E-state index contributed by atoms with van der Waals surface area (Å²) in [7, 11) is 0. The smallest absolute Gasteiger partial charge is 0.179 e. The van der Waals surface area contributed by atoms with E-state index < -0.39 is 0 Å². The number of aromatic amines is 1. The number of hydrogen-bond donors (Lipinski definition) is 1. The maximum absolute atomic E-state index is 4.08. The van der Waals surface area contributed by atoms with Gasteiger partial charge in [-0.1, -0.05) is 35.1 Å². The van der Waals surface area contributed by atoms with Crippen molar-refractivity contribution in [1.82, 2.24) is 25.2 Å². The summed E-state index contributed by atoms with van der Waals surface area (Å²) in [5, 5.41) is 15.6. The van der Waals surface area contributed by atoms with Gasteiger partial charge in [-0.25, -0.2) is 0 Å². The highest BCUT2D eigenvalue weighted by molar-refractivity contribution is 5.85. The van der Waals surface area contributed by atoms with Gasteiger partial charge in [0.25, 0.3) is 0 Å². The van der Waals surface area contributed by atoms with Crippen LogP contribution in [0.15, 0.2) is 35.9 Å². The number of fused-ring (bicyclic) bond motifs is 1. The molecule has 0 bridgehead atoms. The predicted octanol–water partition coefficient (Wildman–Crippen LogP) is 3.02. The molecule has 5 nitrogen and oxygen atoms in total. The molecule has 2 aromatic heterocycles. The highest BCUT2D eigenvalue weighted by Crippen LogP contribution is 2.28. The third-order valence-corrected chi connectivity index (χ3v) is 3.99. The van der Waals surface area contributed by atoms with Crippen LogP contribution in [0.5, 0.6) is 0 Å². The zero-order valence-electron chi connectivity index (χ0n) is 12.6. The number of nitrogens with one attached hydrogen (secondary N) is 1. The summed E-state index contributed by atoms with van der Waals surface area (Å²) in [6, 6.07) is 8.50. The summed E-state index contributed by atoms with van der Waals surface area (Å²) in [6.45, 7) is 7.32. The van der Waals surface area contributed by atoms with Crippen molar-refractivity contribution in [1.29, 1.82) is 0 Å². The largest absolute Gasteiger partial charge is 0.341 e. The Morgan fingerprint density at radius 2 is 2.14 bits per heavy atom. The molecule has 5 heteroatoms. The summed E-state index contributed by atoms with van der Waals surface area (Å²) < 4.78 is 2.36. The van der Waals surface area contributed by atoms with Gasteiger partial charge in [0.2, 0.25) is 0 Å². The van der Waals surface area contributed by atoms with Crippen molar-refractivity contribution in [3.63, 3.8) is 0 Å². The van der Waals surface area contributed by atoms with Crippen molar-refractivity contribution in [3.8, 4) is 0 Å². The third kappa shape index (κ3) is 2.46. The molecule has 0 saturated heterocycles. The lowest BCUT2D eigenvalue weighted by Crippen LogP contribution is -2.02.